The highest BCUT2D eigenvalue weighted by atomic mass is 32.2. The lowest BCUT2D eigenvalue weighted by Crippen LogP contribution is -2.25. The lowest BCUT2D eigenvalue weighted by Gasteiger charge is -2.12. The summed E-state index contributed by atoms with van der Waals surface area (Å²) in [6.45, 7) is 3.42. The van der Waals surface area contributed by atoms with Crippen molar-refractivity contribution in [3.63, 3.8) is 0 Å². The lowest BCUT2D eigenvalue weighted by molar-refractivity contribution is 0.0662. The van der Waals surface area contributed by atoms with Crippen LogP contribution >= 0.6 is 0 Å². The minimum absolute atomic E-state index is 0.0776. The summed E-state index contributed by atoms with van der Waals surface area (Å²) in [5.74, 6) is -0.720. The number of benzene rings is 1. The third kappa shape index (κ3) is 3.75. The molecule has 0 radical (unpaired) electrons. The standard InChI is InChI=1S/C15H17NO5S/c1-9-8-13(21-14(9)15(17)18)12-6-4-11(5-7-12)10(2)16-22(3,19)20/h4-8,10,16H,1-3H3,(H,17,18)/t10-/m0/s1. The molecule has 0 fully saturated rings. The van der Waals surface area contributed by atoms with Crippen molar-refractivity contribution in [3.8, 4) is 11.3 Å². The minimum Gasteiger partial charge on any atom is -0.475 e. The molecule has 1 aromatic heterocycles. The fraction of sp³-hybridized carbons (Fsp3) is 0.267. The molecule has 1 heterocycles. The van der Waals surface area contributed by atoms with E-state index in [1.54, 1.807) is 44.2 Å². The number of aryl methyl sites for hydroxylation is 1. The van der Waals surface area contributed by atoms with Crippen LogP contribution in [0.5, 0.6) is 0 Å². The zero-order chi connectivity index (χ0) is 16.5. The first-order valence-corrected chi connectivity index (χ1v) is 8.48. The van der Waals surface area contributed by atoms with Crippen LogP contribution in [-0.4, -0.2) is 25.7 Å². The van der Waals surface area contributed by atoms with Gasteiger partial charge in [0.05, 0.1) is 6.26 Å². The lowest BCUT2D eigenvalue weighted by atomic mass is 10.1. The van der Waals surface area contributed by atoms with Crippen molar-refractivity contribution in [3.05, 3.63) is 47.2 Å². The molecule has 0 unspecified atom stereocenters. The van der Waals surface area contributed by atoms with Gasteiger partial charge in [-0.2, -0.15) is 0 Å². The van der Waals surface area contributed by atoms with E-state index in [2.05, 4.69) is 4.72 Å². The number of carbonyl (C=O) groups is 1. The Balaban J connectivity index is 2.25. The van der Waals surface area contributed by atoms with Gasteiger partial charge in [0, 0.05) is 17.2 Å². The molecule has 1 aromatic carbocycles. The molecule has 0 bridgehead atoms. The van der Waals surface area contributed by atoms with Crippen LogP contribution in [0.2, 0.25) is 0 Å². The molecule has 0 aliphatic carbocycles. The van der Waals surface area contributed by atoms with Gasteiger partial charge < -0.3 is 9.52 Å². The Morgan fingerprint density at radius 3 is 2.32 bits per heavy atom. The van der Waals surface area contributed by atoms with Crippen molar-refractivity contribution in [1.82, 2.24) is 4.72 Å². The molecule has 2 N–H and O–H groups in total. The quantitative estimate of drug-likeness (QED) is 0.881. The third-order valence-corrected chi connectivity index (χ3v) is 3.98. The van der Waals surface area contributed by atoms with Gasteiger partial charge in [-0.25, -0.2) is 17.9 Å². The van der Waals surface area contributed by atoms with Crippen LogP contribution in [0.25, 0.3) is 11.3 Å². The average Bonchev–Trinajstić information content (AvgIpc) is 2.79. The largest absolute Gasteiger partial charge is 0.475 e. The van der Waals surface area contributed by atoms with Gasteiger partial charge in [0.1, 0.15) is 5.76 Å². The minimum atomic E-state index is -3.28. The highest BCUT2D eigenvalue weighted by Gasteiger charge is 2.16. The smallest absolute Gasteiger partial charge is 0.372 e. The van der Waals surface area contributed by atoms with E-state index in [0.29, 0.717) is 11.3 Å². The van der Waals surface area contributed by atoms with E-state index in [-0.39, 0.29) is 11.8 Å². The topological polar surface area (TPSA) is 96.6 Å². The molecule has 0 spiro atoms. The average molecular weight is 323 g/mol. The van der Waals surface area contributed by atoms with Gasteiger partial charge in [0.2, 0.25) is 15.8 Å². The first kappa shape index (κ1) is 16.3. The fourth-order valence-electron chi connectivity index (χ4n) is 2.16. The Morgan fingerprint density at radius 1 is 1.27 bits per heavy atom. The maximum absolute atomic E-state index is 11.2. The molecule has 0 saturated heterocycles. The molecular weight excluding hydrogens is 306 g/mol. The zero-order valence-electron chi connectivity index (χ0n) is 12.5. The summed E-state index contributed by atoms with van der Waals surface area (Å²) in [5.41, 5.74) is 2.08. The molecule has 2 aromatic rings. The molecule has 0 aliphatic heterocycles. The maximum Gasteiger partial charge on any atom is 0.372 e. The van der Waals surface area contributed by atoms with Gasteiger partial charge in [-0.05, 0) is 25.5 Å². The summed E-state index contributed by atoms with van der Waals surface area (Å²) in [5, 5.41) is 8.99. The second-order valence-electron chi connectivity index (χ2n) is 5.16. The first-order chi connectivity index (χ1) is 10.2. The van der Waals surface area contributed by atoms with Gasteiger partial charge in [-0.3, -0.25) is 0 Å². The highest BCUT2D eigenvalue weighted by molar-refractivity contribution is 7.88. The molecule has 6 nitrogen and oxygen atoms in total. The van der Waals surface area contributed by atoms with Gasteiger partial charge in [0.15, 0.2) is 0 Å². The molecule has 22 heavy (non-hydrogen) atoms. The Kier molecular flexibility index (Phi) is 4.39. The number of carboxylic acids is 1. The molecule has 0 aliphatic rings. The van der Waals surface area contributed by atoms with Crippen LogP contribution in [0.1, 0.15) is 34.6 Å². The number of furan rings is 1. The fourth-order valence-corrected chi connectivity index (χ4v) is 2.94. The van der Waals surface area contributed by atoms with Crippen molar-refractivity contribution in [2.45, 2.75) is 19.9 Å². The summed E-state index contributed by atoms with van der Waals surface area (Å²) in [6.07, 6.45) is 1.11. The summed E-state index contributed by atoms with van der Waals surface area (Å²) in [7, 11) is -3.28. The summed E-state index contributed by atoms with van der Waals surface area (Å²) >= 11 is 0. The van der Waals surface area contributed by atoms with E-state index < -0.39 is 16.0 Å². The molecule has 0 saturated carbocycles. The highest BCUT2D eigenvalue weighted by Crippen LogP contribution is 2.26. The van der Waals surface area contributed by atoms with Crippen molar-refractivity contribution < 1.29 is 22.7 Å². The number of carboxylic acid groups (broad SMARTS) is 1. The summed E-state index contributed by atoms with van der Waals surface area (Å²) in [6, 6.07) is 8.39. The van der Waals surface area contributed by atoms with E-state index in [1.165, 1.54) is 0 Å². The van der Waals surface area contributed by atoms with Gasteiger partial charge in [-0.15, -0.1) is 0 Å². The van der Waals surface area contributed by atoms with Crippen LogP contribution < -0.4 is 4.72 Å². The molecule has 0 amide bonds. The number of hydrogen-bond acceptors (Lipinski definition) is 4. The maximum atomic E-state index is 11.2. The third-order valence-electron chi connectivity index (χ3n) is 3.20. The second kappa shape index (κ2) is 5.94. The second-order valence-corrected chi connectivity index (χ2v) is 6.94. The van der Waals surface area contributed by atoms with Gasteiger partial charge in [0.25, 0.3) is 0 Å². The summed E-state index contributed by atoms with van der Waals surface area (Å²) < 4.78 is 30.3. The molecule has 118 valence electrons. The van der Waals surface area contributed by atoms with E-state index in [0.717, 1.165) is 17.4 Å². The number of hydrogen-bond donors (Lipinski definition) is 2. The monoisotopic (exact) mass is 323 g/mol. The predicted octanol–water partition coefficient (Wildman–Crippen LogP) is 2.56. The number of rotatable bonds is 5. The van der Waals surface area contributed by atoms with Crippen LogP contribution in [-0.2, 0) is 10.0 Å². The van der Waals surface area contributed by atoms with Crippen molar-refractivity contribution >= 4 is 16.0 Å². The van der Waals surface area contributed by atoms with Crippen LogP contribution in [0.15, 0.2) is 34.7 Å². The van der Waals surface area contributed by atoms with Crippen LogP contribution in [0.3, 0.4) is 0 Å². The van der Waals surface area contributed by atoms with Crippen LogP contribution in [0.4, 0.5) is 0 Å². The Morgan fingerprint density at radius 2 is 1.86 bits per heavy atom. The van der Waals surface area contributed by atoms with Crippen molar-refractivity contribution in [2.24, 2.45) is 0 Å². The number of sulfonamides is 1. The van der Waals surface area contributed by atoms with Crippen molar-refractivity contribution in [2.75, 3.05) is 6.26 Å². The predicted molar refractivity (Wildman–Crippen MR) is 82.2 cm³/mol. The van der Waals surface area contributed by atoms with E-state index in [4.69, 9.17) is 9.52 Å². The van der Waals surface area contributed by atoms with E-state index in [1.807, 2.05) is 0 Å². The van der Waals surface area contributed by atoms with Gasteiger partial charge in [-0.1, -0.05) is 24.3 Å². The van der Waals surface area contributed by atoms with E-state index >= 15 is 0 Å². The number of nitrogens with one attached hydrogen (secondary N) is 1. The van der Waals surface area contributed by atoms with E-state index in [9.17, 15) is 13.2 Å². The molecule has 7 heteroatoms. The molecule has 1 atom stereocenters. The normalized spacial score (nSPS) is 13.0. The zero-order valence-corrected chi connectivity index (χ0v) is 13.3. The van der Waals surface area contributed by atoms with Crippen molar-refractivity contribution in [1.29, 1.82) is 0 Å². The SMILES string of the molecule is Cc1cc(-c2ccc([C@H](C)NS(C)(=O)=O)cc2)oc1C(=O)O. The summed E-state index contributed by atoms with van der Waals surface area (Å²) in [4.78, 5) is 11.0. The Bertz CT molecular complexity index is 790. The van der Waals surface area contributed by atoms with Crippen LogP contribution in [0, 0.1) is 6.92 Å². The Hall–Kier alpha value is -2.12. The molecule has 2 rings (SSSR count). The Labute approximate surface area is 128 Å². The first-order valence-electron chi connectivity index (χ1n) is 6.59. The number of aromatic carboxylic acids is 1. The molecular formula is C15H17NO5S. The van der Waals surface area contributed by atoms with Gasteiger partial charge >= 0.3 is 5.97 Å².